The minimum Gasteiger partial charge on any atom is -0.319 e. The summed E-state index contributed by atoms with van der Waals surface area (Å²) >= 11 is 3.42. The van der Waals surface area contributed by atoms with Crippen LogP contribution in [0.2, 0.25) is 0 Å². The highest BCUT2D eigenvalue weighted by Crippen LogP contribution is 2.31. The topological polar surface area (TPSA) is 49.4 Å². The minimum absolute atomic E-state index is 0.232. The Morgan fingerprint density at radius 3 is 2.38 bits per heavy atom. The van der Waals surface area contributed by atoms with Gasteiger partial charge in [0.2, 0.25) is 0 Å². The van der Waals surface area contributed by atoms with E-state index >= 15 is 0 Å². The molecule has 2 aromatic rings. The van der Waals surface area contributed by atoms with Crippen molar-refractivity contribution >= 4 is 27.9 Å². The van der Waals surface area contributed by atoms with Gasteiger partial charge in [-0.05, 0) is 44.0 Å². The monoisotopic (exact) mass is 386 g/mol. The number of rotatable bonds is 3. The summed E-state index contributed by atoms with van der Waals surface area (Å²) in [6.45, 7) is 6.04. The molecule has 0 aromatic heterocycles. The van der Waals surface area contributed by atoms with Crippen LogP contribution in [0.3, 0.4) is 0 Å². The SMILES string of the molecule is Cc1cc(C)cc(CN2C(=O)NC(C)(c3cccc(Br)c3)C2=O)c1. The van der Waals surface area contributed by atoms with Gasteiger partial charge < -0.3 is 5.32 Å². The number of hydrogen-bond donors (Lipinski definition) is 1. The Kier molecular flexibility index (Phi) is 4.22. The van der Waals surface area contributed by atoms with Crippen molar-refractivity contribution in [1.82, 2.24) is 10.2 Å². The molecule has 5 heteroatoms. The van der Waals surface area contributed by atoms with Gasteiger partial charge in [-0.3, -0.25) is 9.69 Å². The predicted molar refractivity (Wildman–Crippen MR) is 96.5 cm³/mol. The summed E-state index contributed by atoms with van der Waals surface area (Å²) in [5.74, 6) is -0.232. The lowest BCUT2D eigenvalue weighted by Crippen LogP contribution is -2.40. The summed E-state index contributed by atoms with van der Waals surface area (Å²) in [4.78, 5) is 26.7. The molecule has 124 valence electrons. The third kappa shape index (κ3) is 2.96. The van der Waals surface area contributed by atoms with Crippen LogP contribution in [-0.4, -0.2) is 16.8 Å². The van der Waals surface area contributed by atoms with Crippen LogP contribution in [0, 0.1) is 13.8 Å². The van der Waals surface area contributed by atoms with E-state index in [4.69, 9.17) is 0 Å². The fourth-order valence-corrected chi connectivity index (χ4v) is 3.58. The summed E-state index contributed by atoms with van der Waals surface area (Å²) in [5.41, 5.74) is 2.91. The van der Waals surface area contributed by atoms with Gasteiger partial charge in [0.15, 0.2) is 0 Å². The van der Waals surface area contributed by atoms with Crippen molar-refractivity contribution in [2.24, 2.45) is 0 Å². The second-order valence-electron chi connectivity index (χ2n) is 6.45. The number of nitrogens with one attached hydrogen (secondary N) is 1. The van der Waals surface area contributed by atoms with Crippen molar-refractivity contribution in [3.63, 3.8) is 0 Å². The van der Waals surface area contributed by atoms with Gasteiger partial charge in [-0.1, -0.05) is 57.4 Å². The molecule has 0 radical (unpaired) electrons. The molecule has 0 saturated carbocycles. The van der Waals surface area contributed by atoms with E-state index in [1.165, 1.54) is 4.90 Å². The zero-order valence-corrected chi connectivity index (χ0v) is 15.5. The van der Waals surface area contributed by atoms with E-state index in [2.05, 4.69) is 27.3 Å². The highest BCUT2D eigenvalue weighted by molar-refractivity contribution is 9.10. The molecule has 3 amide bonds. The van der Waals surface area contributed by atoms with Crippen LogP contribution < -0.4 is 5.32 Å². The number of urea groups is 1. The van der Waals surface area contributed by atoms with E-state index in [-0.39, 0.29) is 18.5 Å². The van der Waals surface area contributed by atoms with Crippen LogP contribution >= 0.6 is 15.9 Å². The zero-order valence-electron chi connectivity index (χ0n) is 13.9. The number of nitrogens with zero attached hydrogens (tertiary/aromatic N) is 1. The van der Waals surface area contributed by atoms with E-state index in [1.54, 1.807) is 6.92 Å². The Morgan fingerprint density at radius 2 is 1.75 bits per heavy atom. The molecule has 0 aliphatic carbocycles. The molecule has 1 aliphatic rings. The number of amides is 3. The third-order valence-corrected chi connectivity index (χ3v) is 4.79. The number of carbonyl (C=O) groups is 2. The summed E-state index contributed by atoms with van der Waals surface area (Å²) in [7, 11) is 0. The van der Waals surface area contributed by atoms with Crippen molar-refractivity contribution in [2.45, 2.75) is 32.9 Å². The first-order valence-electron chi connectivity index (χ1n) is 7.77. The van der Waals surface area contributed by atoms with Crippen LogP contribution in [0.25, 0.3) is 0 Å². The minimum atomic E-state index is -1.04. The van der Waals surface area contributed by atoms with Crippen molar-refractivity contribution < 1.29 is 9.59 Å². The largest absolute Gasteiger partial charge is 0.325 e. The number of imide groups is 1. The van der Waals surface area contributed by atoms with Gasteiger partial charge in [-0.15, -0.1) is 0 Å². The molecule has 4 nitrogen and oxygen atoms in total. The second kappa shape index (κ2) is 6.06. The van der Waals surface area contributed by atoms with Crippen LogP contribution in [-0.2, 0) is 16.9 Å². The normalized spacial score (nSPS) is 20.4. The lowest BCUT2D eigenvalue weighted by Gasteiger charge is -2.22. The maximum absolute atomic E-state index is 13.0. The molecular weight excluding hydrogens is 368 g/mol. The molecule has 2 aromatic carbocycles. The first-order valence-corrected chi connectivity index (χ1v) is 8.56. The lowest BCUT2D eigenvalue weighted by atomic mass is 9.92. The van der Waals surface area contributed by atoms with Gasteiger partial charge in [0, 0.05) is 4.47 Å². The van der Waals surface area contributed by atoms with Gasteiger partial charge in [0.1, 0.15) is 5.54 Å². The van der Waals surface area contributed by atoms with E-state index in [0.29, 0.717) is 0 Å². The lowest BCUT2D eigenvalue weighted by molar-refractivity contribution is -0.131. The predicted octanol–water partition coefficient (Wildman–Crippen LogP) is 4.03. The molecular formula is C19H19BrN2O2. The Bertz CT molecular complexity index is 814. The highest BCUT2D eigenvalue weighted by Gasteiger charge is 2.48. The van der Waals surface area contributed by atoms with E-state index in [1.807, 2.05) is 50.2 Å². The molecule has 1 unspecified atom stereocenters. The van der Waals surface area contributed by atoms with Crippen molar-refractivity contribution in [3.8, 4) is 0 Å². The van der Waals surface area contributed by atoms with Crippen molar-refractivity contribution in [3.05, 3.63) is 69.2 Å². The smallest absolute Gasteiger partial charge is 0.319 e. The molecule has 3 rings (SSSR count). The Hall–Kier alpha value is -2.14. The summed E-state index contributed by atoms with van der Waals surface area (Å²) < 4.78 is 0.871. The van der Waals surface area contributed by atoms with Crippen molar-refractivity contribution in [2.75, 3.05) is 0 Å². The number of halogens is 1. The zero-order chi connectivity index (χ0) is 17.5. The number of benzene rings is 2. The van der Waals surface area contributed by atoms with Crippen molar-refractivity contribution in [1.29, 1.82) is 0 Å². The molecule has 1 atom stereocenters. The molecule has 0 spiro atoms. The fourth-order valence-electron chi connectivity index (χ4n) is 3.18. The van der Waals surface area contributed by atoms with Crippen LogP contribution in [0.5, 0.6) is 0 Å². The second-order valence-corrected chi connectivity index (χ2v) is 7.37. The molecule has 1 saturated heterocycles. The molecule has 0 bridgehead atoms. The Balaban J connectivity index is 1.91. The van der Waals surface area contributed by atoms with E-state index in [0.717, 1.165) is 26.7 Å². The maximum Gasteiger partial charge on any atom is 0.325 e. The van der Waals surface area contributed by atoms with Gasteiger partial charge in [-0.25, -0.2) is 4.79 Å². The van der Waals surface area contributed by atoms with E-state index < -0.39 is 5.54 Å². The van der Waals surface area contributed by atoms with Crippen LogP contribution in [0.1, 0.15) is 29.2 Å². The van der Waals surface area contributed by atoms with E-state index in [9.17, 15) is 9.59 Å². The summed E-state index contributed by atoms with van der Waals surface area (Å²) in [5, 5.41) is 2.84. The van der Waals surface area contributed by atoms with Crippen LogP contribution in [0.15, 0.2) is 46.9 Å². The molecule has 1 fully saturated rings. The number of aryl methyl sites for hydroxylation is 2. The first kappa shape index (κ1) is 16.7. The average Bonchev–Trinajstić information content (AvgIpc) is 2.71. The van der Waals surface area contributed by atoms with Gasteiger partial charge >= 0.3 is 6.03 Å². The highest BCUT2D eigenvalue weighted by atomic mass is 79.9. The Labute approximate surface area is 150 Å². The standard InChI is InChI=1S/C19H19BrN2O2/c1-12-7-13(2)9-14(8-12)11-22-17(23)19(3,21-18(22)24)15-5-4-6-16(20)10-15/h4-10H,11H2,1-3H3,(H,21,24). The molecule has 1 heterocycles. The molecule has 1 aliphatic heterocycles. The summed E-state index contributed by atoms with van der Waals surface area (Å²) in [6, 6.07) is 13.2. The average molecular weight is 387 g/mol. The van der Waals surface area contributed by atoms with Gasteiger partial charge in [-0.2, -0.15) is 0 Å². The third-order valence-electron chi connectivity index (χ3n) is 4.30. The van der Waals surface area contributed by atoms with Gasteiger partial charge in [0.25, 0.3) is 5.91 Å². The first-order chi connectivity index (χ1) is 11.3. The molecule has 24 heavy (non-hydrogen) atoms. The fraction of sp³-hybridized carbons (Fsp3) is 0.263. The molecule has 1 N–H and O–H groups in total. The summed E-state index contributed by atoms with van der Waals surface area (Å²) in [6.07, 6.45) is 0. The Morgan fingerprint density at radius 1 is 1.08 bits per heavy atom. The number of carbonyl (C=O) groups excluding carboxylic acids is 2. The van der Waals surface area contributed by atoms with Gasteiger partial charge in [0.05, 0.1) is 6.54 Å². The quantitative estimate of drug-likeness (QED) is 0.809. The maximum atomic E-state index is 13.0. The van der Waals surface area contributed by atoms with Crippen LogP contribution in [0.4, 0.5) is 4.79 Å². The number of hydrogen-bond acceptors (Lipinski definition) is 2.